The number of aromatic nitrogens is 2. The molecule has 0 aromatic carbocycles. The van der Waals surface area contributed by atoms with Crippen LogP contribution in [-0.4, -0.2) is 72.8 Å². The second-order valence-corrected chi connectivity index (χ2v) is 8.21. The highest BCUT2D eigenvalue weighted by molar-refractivity contribution is 6.10. The van der Waals surface area contributed by atoms with E-state index >= 15 is 0 Å². The van der Waals surface area contributed by atoms with E-state index in [4.69, 9.17) is 9.15 Å². The summed E-state index contributed by atoms with van der Waals surface area (Å²) < 4.78 is 11.3. The van der Waals surface area contributed by atoms with E-state index in [-0.39, 0.29) is 5.91 Å². The molecule has 30 heavy (non-hydrogen) atoms. The first kappa shape index (κ1) is 21.1. The summed E-state index contributed by atoms with van der Waals surface area (Å²) in [6.45, 7) is 9.74. The molecule has 0 radical (unpaired) electrons. The fourth-order valence-electron chi connectivity index (χ4n) is 4.71. The van der Waals surface area contributed by atoms with Gasteiger partial charge >= 0.3 is 0 Å². The largest absolute Gasteiger partial charge is 0.442 e. The topological polar surface area (TPSA) is 83.7 Å². The molecule has 0 aliphatic carbocycles. The molecule has 1 atom stereocenters. The van der Waals surface area contributed by atoms with Gasteiger partial charge in [-0.2, -0.15) is 0 Å². The average Bonchev–Trinajstić information content (AvgIpc) is 3.13. The van der Waals surface area contributed by atoms with Gasteiger partial charge in [0.15, 0.2) is 0 Å². The Balaban J connectivity index is 1.43. The predicted octanol–water partition coefficient (Wildman–Crippen LogP) is 2.75. The van der Waals surface area contributed by atoms with Gasteiger partial charge in [0.05, 0.1) is 24.2 Å². The number of hydrogen-bond donors (Lipinski definition) is 1. The number of rotatable bonds is 7. The Labute approximate surface area is 178 Å². The third kappa shape index (κ3) is 4.44. The second-order valence-electron chi connectivity index (χ2n) is 8.21. The Bertz CT molecular complexity index is 862. The minimum absolute atomic E-state index is 0.110. The molecule has 2 aromatic rings. The van der Waals surface area contributed by atoms with E-state index in [0.29, 0.717) is 48.2 Å². The molecule has 1 amide bonds. The fraction of sp³-hybridized carbons (Fsp3) is 0.682. The molecule has 2 aliphatic rings. The van der Waals surface area contributed by atoms with Crippen LogP contribution in [0.25, 0.3) is 11.1 Å². The molecular weight excluding hydrogens is 382 g/mol. The van der Waals surface area contributed by atoms with Crippen LogP contribution in [0.15, 0.2) is 10.7 Å². The zero-order valence-corrected chi connectivity index (χ0v) is 18.2. The summed E-state index contributed by atoms with van der Waals surface area (Å²) in [7, 11) is 0. The van der Waals surface area contributed by atoms with Gasteiger partial charge in [-0.05, 0) is 39.2 Å². The maximum Gasteiger partial charge on any atom is 0.255 e. The number of morpholine rings is 1. The van der Waals surface area contributed by atoms with E-state index in [9.17, 15) is 4.79 Å². The van der Waals surface area contributed by atoms with Crippen molar-refractivity contribution in [2.45, 2.75) is 52.0 Å². The van der Waals surface area contributed by atoms with E-state index in [1.54, 1.807) is 0 Å². The summed E-state index contributed by atoms with van der Waals surface area (Å²) in [4.78, 5) is 26.5. The number of nitrogens with zero attached hydrogens (tertiary/aromatic N) is 4. The van der Waals surface area contributed by atoms with E-state index in [2.05, 4.69) is 32.0 Å². The first-order valence-corrected chi connectivity index (χ1v) is 11.3. The third-order valence-corrected chi connectivity index (χ3v) is 6.31. The van der Waals surface area contributed by atoms with E-state index in [1.165, 1.54) is 38.6 Å². The number of nitrogens with one attached hydrogen (secondary N) is 1. The van der Waals surface area contributed by atoms with Gasteiger partial charge in [-0.1, -0.05) is 13.3 Å². The highest BCUT2D eigenvalue weighted by Gasteiger charge is 2.26. The molecule has 4 heterocycles. The molecule has 1 N–H and O–H groups in total. The highest BCUT2D eigenvalue weighted by atomic mass is 16.5. The summed E-state index contributed by atoms with van der Waals surface area (Å²) in [5.41, 5.74) is 1.02. The highest BCUT2D eigenvalue weighted by Crippen LogP contribution is 2.31. The van der Waals surface area contributed by atoms with Crippen molar-refractivity contribution in [3.63, 3.8) is 0 Å². The fourth-order valence-corrected chi connectivity index (χ4v) is 4.71. The van der Waals surface area contributed by atoms with Crippen LogP contribution >= 0.6 is 0 Å². The number of piperidine rings is 1. The number of hydrogen-bond acceptors (Lipinski definition) is 7. The summed E-state index contributed by atoms with van der Waals surface area (Å²) >= 11 is 0. The van der Waals surface area contributed by atoms with Crippen LogP contribution in [0.4, 0.5) is 5.82 Å². The molecule has 4 rings (SSSR count). The molecular formula is C22H33N5O3. The van der Waals surface area contributed by atoms with Crippen LogP contribution in [-0.2, 0) is 4.74 Å². The smallest absolute Gasteiger partial charge is 0.255 e. The second kappa shape index (κ2) is 9.75. The van der Waals surface area contributed by atoms with Crippen LogP contribution in [0.1, 0.15) is 55.1 Å². The molecule has 8 nitrogen and oxygen atoms in total. The van der Waals surface area contributed by atoms with Crippen LogP contribution < -0.4 is 10.2 Å². The monoisotopic (exact) mass is 415 g/mol. The lowest BCUT2D eigenvalue weighted by atomic mass is 10.00. The number of anilines is 1. The molecule has 2 fully saturated rings. The van der Waals surface area contributed by atoms with Crippen molar-refractivity contribution in [2.24, 2.45) is 0 Å². The van der Waals surface area contributed by atoms with Gasteiger partial charge in [-0.3, -0.25) is 4.79 Å². The number of likely N-dealkylation sites (tertiary alicyclic amines) is 1. The number of furan rings is 1. The standard InChI is InChI=1S/C22H33N5O3/c1-3-17-7-4-5-9-26(17)10-6-8-23-21(28)18-16(2)30-22-19(18)20(24-15-25-22)27-11-13-29-14-12-27/h15,17H,3-14H2,1-2H3,(H,23,28)/t17-/m0/s1. The SMILES string of the molecule is CC[C@H]1CCCCN1CCCNC(=O)c1c(C)oc2ncnc(N3CCOCC3)c12. The minimum Gasteiger partial charge on any atom is -0.442 e. The molecule has 2 saturated heterocycles. The Morgan fingerprint density at radius 3 is 2.87 bits per heavy atom. The summed E-state index contributed by atoms with van der Waals surface area (Å²) in [5, 5.41) is 3.80. The van der Waals surface area contributed by atoms with Crippen molar-refractivity contribution >= 4 is 22.8 Å². The molecule has 2 aliphatic heterocycles. The van der Waals surface area contributed by atoms with Crippen molar-refractivity contribution < 1.29 is 13.9 Å². The summed E-state index contributed by atoms with van der Waals surface area (Å²) in [6, 6.07) is 0.697. The number of ether oxygens (including phenoxy) is 1. The van der Waals surface area contributed by atoms with Crippen LogP contribution in [0, 0.1) is 6.92 Å². The van der Waals surface area contributed by atoms with Crippen LogP contribution in [0.5, 0.6) is 0 Å². The summed E-state index contributed by atoms with van der Waals surface area (Å²) in [6.07, 6.45) is 7.58. The zero-order chi connectivity index (χ0) is 20.9. The van der Waals surface area contributed by atoms with Crippen LogP contribution in [0.2, 0.25) is 0 Å². The predicted molar refractivity (Wildman–Crippen MR) is 116 cm³/mol. The lowest BCUT2D eigenvalue weighted by molar-refractivity contribution is 0.0947. The van der Waals surface area contributed by atoms with E-state index in [0.717, 1.165) is 31.9 Å². The maximum absolute atomic E-state index is 13.1. The first-order valence-electron chi connectivity index (χ1n) is 11.3. The van der Waals surface area contributed by atoms with E-state index < -0.39 is 0 Å². The third-order valence-electron chi connectivity index (χ3n) is 6.31. The number of aryl methyl sites for hydroxylation is 1. The van der Waals surface area contributed by atoms with E-state index in [1.807, 2.05) is 6.92 Å². The van der Waals surface area contributed by atoms with Crippen molar-refractivity contribution in [3.8, 4) is 0 Å². The van der Waals surface area contributed by atoms with Crippen molar-refractivity contribution in [2.75, 3.05) is 50.8 Å². The van der Waals surface area contributed by atoms with Gasteiger partial charge in [0, 0.05) is 32.2 Å². The Morgan fingerprint density at radius 1 is 1.23 bits per heavy atom. The van der Waals surface area contributed by atoms with Gasteiger partial charge in [0.25, 0.3) is 5.91 Å². The Kier molecular flexibility index (Phi) is 6.84. The van der Waals surface area contributed by atoms with Gasteiger partial charge in [0.1, 0.15) is 17.9 Å². The minimum atomic E-state index is -0.110. The number of fused-ring (bicyclic) bond motifs is 1. The molecule has 0 unspecified atom stereocenters. The van der Waals surface area contributed by atoms with Crippen molar-refractivity contribution in [3.05, 3.63) is 17.7 Å². The molecule has 0 saturated carbocycles. The van der Waals surface area contributed by atoms with Gasteiger partial charge in [0.2, 0.25) is 5.71 Å². The van der Waals surface area contributed by atoms with Crippen molar-refractivity contribution in [1.29, 1.82) is 0 Å². The lowest BCUT2D eigenvalue weighted by Gasteiger charge is -2.35. The molecule has 0 bridgehead atoms. The normalized spacial score (nSPS) is 20.6. The molecule has 164 valence electrons. The van der Waals surface area contributed by atoms with Crippen molar-refractivity contribution in [1.82, 2.24) is 20.2 Å². The molecule has 2 aromatic heterocycles. The average molecular weight is 416 g/mol. The number of carbonyl (C=O) groups is 1. The Morgan fingerprint density at radius 2 is 2.07 bits per heavy atom. The van der Waals surface area contributed by atoms with Crippen LogP contribution in [0.3, 0.4) is 0 Å². The molecule has 0 spiro atoms. The zero-order valence-electron chi connectivity index (χ0n) is 18.2. The lowest BCUT2D eigenvalue weighted by Crippen LogP contribution is -2.40. The van der Waals surface area contributed by atoms with Gasteiger partial charge in [-0.15, -0.1) is 0 Å². The first-order chi connectivity index (χ1) is 14.7. The maximum atomic E-state index is 13.1. The van der Waals surface area contributed by atoms with Gasteiger partial charge in [-0.25, -0.2) is 9.97 Å². The number of amides is 1. The summed E-state index contributed by atoms with van der Waals surface area (Å²) in [5.74, 6) is 1.23. The Hall–Kier alpha value is -2.19. The number of carbonyl (C=O) groups excluding carboxylic acids is 1. The molecule has 8 heteroatoms. The van der Waals surface area contributed by atoms with Gasteiger partial charge < -0.3 is 24.3 Å². The quantitative estimate of drug-likeness (QED) is 0.696.